The standard InChI is InChI=1S/C13H22N4O/c1-9-11(10(2)17(4)16-9)12(18)15-13(3)5-7-14-8-6-13/h14H,5-8H2,1-4H3,(H,15,18). The number of amides is 1. The van der Waals surface area contributed by atoms with E-state index in [-0.39, 0.29) is 11.4 Å². The molecule has 0 bridgehead atoms. The van der Waals surface area contributed by atoms with Crippen LogP contribution < -0.4 is 10.6 Å². The summed E-state index contributed by atoms with van der Waals surface area (Å²) < 4.78 is 1.76. The zero-order valence-electron chi connectivity index (χ0n) is 11.6. The molecule has 2 N–H and O–H groups in total. The van der Waals surface area contributed by atoms with Crippen LogP contribution in [0.3, 0.4) is 0 Å². The van der Waals surface area contributed by atoms with Crippen molar-refractivity contribution in [3.8, 4) is 0 Å². The summed E-state index contributed by atoms with van der Waals surface area (Å²) in [5, 5.41) is 10.8. The number of aromatic nitrogens is 2. The SMILES string of the molecule is Cc1nn(C)c(C)c1C(=O)NC1(C)CCNCC1. The van der Waals surface area contributed by atoms with Crippen LogP contribution in [0, 0.1) is 13.8 Å². The molecule has 0 aliphatic carbocycles. The number of nitrogens with zero attached hydrogens (tertiary/aromatic N) is 2. The molecule has 1 saturated heterocycles. The number of carbonyl (C=O) groups is 1. The third-order valence-electron chi connectivity index (χ3n) is 3.86. The molecule has 0 spiro atoms. The van der Waals surface area contributed by atoms with E-state index in [2.05, 4.69) is 22.7 Å². The molecule has 5 nitrogen and oxygen atoms in total. The first kappa shape index (κ1) is 13.1. The van der Waals surface area contributed by atoms with Crippen LogP contribution in [-0.4, -0.2) is 34.3 Å². The molecule has 0 radical (unpaired) electrons. The van der Waals surface area contributed by atoms with Crippen molar-refractivity contribution in [2.24, 2.45) is 7.05 Å². The van der Waals surface area contributed by atoms with Gasteiger partial charge in [0.2, 0.25) is 0 Å². The Morgan fingerprint density at radius 2 is 2.00 bits per heavy atom. The number of piperidine rings is 1. The summed E-state index contributed by atoms with van der Waals surface area (Å²) in [5.74, 6) is 0.00231. The van der Waals surface area contributed by atoms with Crippen LogP contribution in [0.25, 0.3) is 0 Å². The number of aryl methyl sites for hydroxylation is 2. The second kappa shape index (κ2) is 4.72. The molecule has 0 aromatic carbocycles. The van der Waals surface area contributed by atoms with Crippen LogP contribution in [0.15, 0.2) is 0 Å². The lowest BCUT2D eigenvalue weighted by atomic mass is 9.90. The molecule has 1 aliphatic heterocycles. The summed E-state index contributed by atoms with van der Waals surface area (Å²) in [6, 6.07) is 0. The lowest BCUT2D eigenvalue weighted by Gasteiger charge is -2.35. The normalized spacial score (nSPS) is 18.7. The van der Waals surface area contributed by atoms with Gasteiger partial charge in [-0.05, 0) is 46.7 Å². The Balaban J connectivity index is 2.16. The minimum absolute atomic E-state index is 0.00231. The molecular weight excluding hydrogens is 228 g/mol. The minimum Gasteiger partial charge on any atom is -0.347 e. The van der Waals surface area contributed by atoms with Crippen LogP contribution in [0.2, 0.25) is 0 Å². The average Bonchev–Trinajstić information content (AvgIpc) is 2.53. The second-order valence-electron chi connectivity index (χ2n) is 5.43. The van der Waals surface area contributed by atoms with Gasteiger partial charge in [0, 0.05) is 18.3 Å². The van der Waals surface area contributed by atoms with Crippen molar-refractivity contribution in [2.45, 2.75) is 39.2 Å². The van der Waals surface area contributed by atoms with E-state index >= 15 is 0 Å². The summed E-state index contributed by atoms with van der Waals surface area (Å²) in [6.07, 6.45) is 1.94. The van der Waals surface area contributed by atoms with E-state index in [9.17, 15) is 4.79 Å². The first-order valence-corrected chi connectivity index (χ1v) is 6.46. The summed E-state index contributed by atoms with van der Waals surface area (Å²) >= 11 is 0. The zero-order valence-corrected chi connectivity index (χ0v) is 11.6. The fourth-order valence-electron chi connectivity index (χ4n) is 2.54. The topological polar surface area (TPSA) is 59.0 Å². The van der Waals surface area contributed by atoms with Gasteiger partial charge in [0.15, 0.2) is 0 Å². The monoisotopic (exact) mass is 250 g/mol. The quantitative estimate of drug-likeness (QED) is 0.820. The second-order valence-corrected chi connectivity index (χ2v) is 5.43. The predicted molar refractivity (Wildman–Crippen MR) is 70.7 cm³/mol. The summed E-state index contributed by atoms with van der Waals surface area (Å²) in [6.45, 7) is 7.85. The predicted octanol–water partition coefficient (Wildman–Crippen LogP) is 0.909. The van der Waals surface area contributed by atoms with E-state index in [0.717, 1.165) is 42.9 Å². The zero-order chi connectivity index (χ0) is 13.3. The highest BCUT2D eigenvalue weighted by atomic mass is 16.1. The Morgan fingerprint density at radius 3 is 2.50 bits per heavy atom. The summed E-state index contributed by atoms with van der Waals surface area (Å²) in [5.41, 5.74) is 2.33. The van der Waals surface area contributed by atoms with Gasteiger partial charge in [-0.15, -0.1) is 0 Å². The fraction of sp³-hybridized carbons (Fsp3) is 0.692. The highest BCUT2D eigenvalue weighted by Crippen LogP contribution is 2.19. The number of carbonyl (C=O) groups excluding carboxylic acids is 1. The Bertz CT molecular complexity index is 458. The molecule has 2 rings (SSSR count). The van der Waals surface area contributed by atoms with Gasteiger partial charge in [0.1, 0.15) is 0 Å². The average molecular weight is 250 g/mol. The highest BCUT2D eigenvalue weighted by Gasteiger charge is 2.30. The smallest absolute Gasteiger partial charge is 0.255 e. The minimum atomic E-state index is -0.100. The van der Waals surface area contributed by atoms with Gasteiger partial charge in [-0.3, -0.25) is 9.48 Å². The first-order chi connectivity index (χ1) is 8.43. The maximum absolute atomic E-state index is 12.4. The van der Waals surface area contributed by atoms with Gasteiger partial charge in [0.25, 0.3) is 5.91 Å². The molecule has 1 aromatic heterocycles. The van der Waals surface area contributed by atoms with Crippen LogP contribution >= 0.6 is 0 Å². The third kappa shape index (κ3) is 2.41. The van der Waals surface area contributed by atoms with Crippen molar-refractivity contribution in [3.63, 3.8) is 0 Å². The molecule has 1 aromatic rings. The molecule has 100 valence electrons. The molecule has 1 amide bonds. The van der Waals surface area contributed by atoms with Gasteiger partial charge in [0.05, 0.1) is 11.3 Å². The van der Waals surface area contributed by atoms with E-state index < -0.39 is 0 Å². The van der Waals surface area contributed by atoms with E-state index in [1.807, 2.05) is 20.9 Å². The van der Waals surface area contributed by atoms with E-state index in [0.29, 0.717) is 0 Å². The van der Waals surface area contributed by atoms with Crippen LogP contribution in [0.4, 0.5) is 0 Å². The number of nitrogens with one attached hydrogen (secondary N) is 2. The molecule has 1 fully saturated rings. The molecular formula is C13H22N4O. The number of rotatable bonds is 2. The largest absolute Gasteiger partial charge is 0.347 e. The van der Waals surface area contributed by atoms with Crippen LogP contribution in [0.5, 0.6) is 0 Å². The maximum atomic E-state index is 12.4. The fourth-order valence-corrected chi connectivity index (χ4v) is 2.54. The highest BCUT2D eigenvalue weighted by molar-refractivity contribution is 5.96. The lowest BCUT2D eigenvalue weighted by Crippen LogP contribution is -2.52. The van der Waals surface area contributed by atoms with E-state index in [1.165, 1.54) is 0 Å². The Labute approximate surface area is 108 Å². The lowest BCUT2D eigenvalue weighted by molar-refractivity contribution is 0.0886. The summed E-state index contributed by atoms with van der Waals surface area (Å²) in [7, 11) is 1.87. The summed E-state index contributed by atoms with van der Waals surface area (Å²) in [4.78, 5) is 12.4. The molecule has 18 heavy (non-hydrogen) atoms. The third-order valence-corrected chi connectivity index (χ3v) is 3.86. The maximum Gasteiger partial charge on any atom is 0.255 e. The van der Waals surface area contributed by atoms with Gasteiger partial charge in [-0.1, -0.05) is 0 Å². The Hall–Kier alpha value is -1.36. The van der Waals surface area contributed by atoms with Gasteiger partial charge in [-0.2, -0.15) is 5.10 Å². The first-order valence-electron chi connectivity index (χ1n) is 6.46. The van der Waals surface area contributed by atoms with Crippen molar-refractivity contribution in [1.29, 1.82) is 0 Å². The van der Waals surface area contributed by atoms with E-state index in [1.54, 1.807) is 4.68 Å². The van der Waals surface area contributed by atoms with Crippen molar-refractivity contribution < 1.29 is 4.79 Å². The van der Waals surface area contributed by atoms with Gasteiger partial charge >= 0.3 is 0 Å². The number of hydrogen-bond donors (Lipinski definition) is 2. The molecule has 5 heteroatoms. The Kier molecular flexibility index (Phi) is 3.43. The van der Waals surface area contributed by atoms with Gasteiger partial charge < -0.3 is 10.6 Å². The Morgan fingerprint density at radius 1 is 1.39 bits per heavy atom. The molecule has 0 atom stereocenters. The molecule has 1 aliphatic rings. The van der Waals surface area contributed by atoms with Crippen LogP contribution in [0.1, 0.15) is 41.5 Å². The molecule has 0 saturated carbocycles. The molecule has 0 unspecified atom stereocenters. The van der Waals surface area contributed by atoms with Crippen molar-refractivity contribution in [1.82, 2.24) is 20.4 Å². The van der Waals surface area contributed by atoms with Crippen molar-refractivity contribution in [2.75, 3.05) is 13.1 Å². The molecule has 2 heterocycles. The van der Waals surface area contributed by atoms with Crippen molar-refractivity contribution >= 4 is 5.91 Å². The van der Waals surface area contributed by atoms with Crippen molar-refractivity contribution in [3.05, 3.63) is 17.0 Å². The number of hydrogen-bond acceptors (Lipinski definition) is 3. The van der Waals surface area contributed by atoms with Gasteiger partial charge in [-0.25, -0.2) is 0 Å². The van der Waals surface area contributed by atoms with Crippen LogP contribution in [-0.2, 0) is 7.05 Å². The van der Waals surface area contributed by atoms with E-state index in [4.69, 9.17) is 0 Å².